The maximum absolute atomic E-state index is 14.3. The summed E-state index contributed by atoms with van der Waals surface area (Å²) in [4.78, 5) is 0. The summed E-state index contributed by atoms with van der Waals surface area (Å²) in [5.41, 5.74) is 1.13. The van der Waals surface area contributed by atoms with Crippen molar-refractivity contribution in [1.82, 2.24) is 5.32 Å². The fraction of sp³-hybridized carbons (Fsp3) is 0.125. The van der Waals surface area contributed by atoms with E-state index < -0.39 is 0 Å². The van der Waals surface area contributed by atoms with Gasteiger partial charge in [0.2, 0.25) is 0 Å². The number of hydrogen-bond donors (Lipinski definition) is 1. The maximum Gasteiger partial charge on any atom is 0.152 e. The van der Waals surface area contributed by atoms with Crippen LogP contribution >= 0.6 is 27.5 Å². The number of fused-ring (bicyclic) bond motifs is 1. The van der Waals surface area contributed by atoms with E-state index in [1.807, 2.05) is 18.2 Å². The van der Waals surface area contributed by atoms with Crippen LogP contribution in [0.5, 0.6) is 0 Å². The minimum absolute atomic E-state index is 0.302. The molecule has 1 N–H and O–H groups in total. The Bertz CT molecular complexity index is 802. The van der Waals surface area contributed by atoms with E-state index in [0.717, 1.165) is 5.39 Å². The molecule has 0 bridgehead atoms. The Morgan fingerprint density at radius 3 is 2.71 bits per heavy atom. The van der Waals surface area contributed by atoms with E-state index in [9.17, 15) is 4.39 Å². The molecule has 2 aromatic carbocycles. The number of halogens is 3. The van der Waals surface area contributed by atoms with Crippen molar-refractivity contribution in [2.45, 2.75) is 6.04 Å². The molecule has 1 unspecified atom stereocenters. The molecule has 0 fully saturated rings. The van der Waals surface area contributed by atoms with Crippen LogP contribution in [0.3, 0.4) is 0 Å². The van der Waals surface area contributed by atoms with Crippen LogP contribution in [0.2, 0.25) is 5.02 Å². The lowest BCUT2D eigenvalue weighted by atomic mass is 10.0. The molecule has 108 valence electrons. The number of para-hydroxylation sites is 1. The molecular weight excluding hydrogens is 357 g/mol. The van der Waals surface area contributed by atoms with E-state index in [2.05, 4.69) is 21.2 Å². The molecule has 3 rings (SSSR count). The van der Waals surface area contributed by atoms with Crippen LogP contribution in [0.25, 0.3) is 11.0 Å². The van der Waals surface area contributed by atoms with Gasteiger partial charge in [-0.05, 0) is 41.2 Å². The lowest BCUT2D eigenvalue weighted by molar-refractivity contribution is 0.475. The molecule has 0 saturated heterocycles. The lowest BCUT2D eigenvalue weighted by Crippen LogP contribution is -2.18. The van der Waals surface area contributed by atoms with Gasteiger partial charge in [-0.2, -0.15) is 0 Å². The van der Waals surface area contributed by atoms with E-state index in [-0.39, 0.29) is 11.9 Å². The predicted octanol–water partition coefficient (Wildman–Crippen LogP) is 5.30. The summed E-state index contributed by atoms with van der Waals surface area (Å²) in [6.07, 6.45) is 0. The van der Waals surface area contributed by atoms with Crippen LogP contribution in [-0.4, -0.2) is 7.05 Å². The fourth-order valence-electron chi connectivity index (χ4n) is 2.38. The third-order valence-electron chi connectivity index (χ3n) is 3.38. The first kappa shape index (κ1) is 14.6. The van der Waals surface area contributed by atoms with Crippen molar-refractivity contribution in [3.63, 3.8) is 0 Å². The molecule has 0 amide bonds. The summed E-state index contributed by atoms with van der Waals surface area (Å²) in [7, 11) is 1.76. The number of furan rings is 1. The third kappa shape index (κ3) is 2.59. The molecule has 1 heterocycles. The zero-order valence-electron chi connectivity index (χ0n) is 11.2. The minimum atomic E-state index is -0.383. The van der Waals surface area contributed by atoms with Crippen LogP contribution in [0.15, 0.2) is 51.4 Å². The molecule has 1 aromatic heterocycles. The van der Waals surface area contributed by atoms with Gasteiger partial charge in [-0.3, -0.25) is 0 Å². The van der Waals surface area contributed by atoms with Crippen molar-refractivity contribution in [3.8, 4) is 0 Å². The molecule has 1 atom stereocenters. The second kappa shape index (κ2) is 5.79. The monoisotopic (exact) mass is 367 g/mol. The van der Waals surface area contributed by atoms with Gasteiger partial charge in [-0.15, -0.1) is 0 Å². The first-order valence-corrected chi connectivity index (χ1v) is 7.58. The summed E-state index contributed by atoms with van der Waals surface area (Å²) >= 11 is 9.33. The van der Waals surface area contributed by atoms with E-state index in [0.29, 0.717) is 26.4 Å². The highest BCUT2D eigenvalue weighted by Crippen LogP contribution is 2.33. The van der Waals surface area contributed by atoms with Crippen LogP contribution in [-0.2, 0) is 0 Å². The highest BCUT2D eigenvalue weighted by atomic mass is 79.9. The summed E-state index contributed by atoms with van der Waals surface area (Å²) in [5, 5.41) is 4.53. The highest BCUT2D eigenvalue weighted by Gasteiger charge is 2.21. The van der Waals surface area contributed by atoms with Crippen molar-refractivity contribution in [3.05, 3.63) is 69.1 Å². The van der Waals surface area contributed by atoms with Gasteiger partial charge in [0, 0.05) is 10.9 Å². The van der Waals surface area contributed by atoms with Gasteiger partial charge in [0.25, 0.3) is 0 Å². The van der Waals surface area contributed by atoms with Crippen LogP contribution in [0.1, 0.15) is 17.4 Å². The fourth-order valence-corrected chi connectivity index (χ4v) is 2.99. The van der Waals surface area contributed by atoms with Gasteiger partial charge in [-0.25, -0.2) is 4.39 Å². The Kier molecular flexibility index (Phi) is 4.02. The van der Waals surface area contributed by atoms with E-state index >= 15 is 0 Å². The quantitative estimate of drug-likeness (QED) is 0.679. The summed E-state index contributed by atoms with van der Waals surface area (Å²) in [6, 6.07) is 12.2. The summed E-state index contributed by atoms with van der Waals surface area (Å²) < 4.78 is 20.6. The van der Waals surface area contributed by atoms with E-state index in [1.54, 1.807) is 31.3 Å². The first-order chi connectivity index (χ1) is 10.1. The predicted molar refractivity (Wildman–Crippen MR) is 86.2 cm³/mol. The second-order valence-corrected chi connectivity index (χ2v) is 5.93. The molecule has 0 spiro atoms. The number of hydrogen-bond acceptors (Lipinski definition) is 2. The first-order valence-electron chi connectivity index (χ1n) is 6.41. The molecule has 0 saturated carbocycles. The highest BCUT2D eigenvalue weighted by molar-refractivity contribution is 9.10. The average Bonchev–Trinajstić information content (AvgIpc) is 2.89. The largest absolute Gasteiger partial charge is 0.457 e. The van der Waals surface area contributed by atoms with E-state index in [1.165, 1.54) is 0 Å². The van der Waals surface area contributed by atoms with Crippen molar-refractivity contribution < 1.29 is 8.81 Å². The lowest BCUT2D eigenvalue weighted by Gasteiger charge is -2.15. The second-order valence-electron chi connectivity index (χ2n) is 4.67. The van der Waals surface area contributed by atoms with Gasteiger partial charge >= 0.3 is 0 Å². The molecule has 0 aliphatic rings. The van der Waals surface area contributed by atoms with Crippen LogP contribution in [0, 0.1) is 5.82 Å². The molecule has 21 heavy (non-hydrogen) atoms. The van der Waals surface area contributed by atoms with Crippen molar-refractivity contribution in [2.24, 2.45) is 0 Å². The number of benzene rings is 2. The smallest absolute Gasteiger partial charge is 0.152 e. The van der Waals surface area contributed by atoms with Gasteiger partial charge in [0.05, 0.1) is 15.5 Å². The summed E-state index contributed by atoms with van der Waals surface area (Å²) in [6.45, 7) is 0. The van der Waals surface area contributed by atoms with E-state index in [4.69, 9.17) is 16.0 Å². The van der Waals surface area contributed by atoms with Gasteiger partial charge in [0.1, 0.15) is 11.6 Å². The van der Waals surface area contributed by atoms with Crippen molar-refractivity contribution in [2.75, 3.05) is 7.05 Å². The van der Waals surface area contributed by atoms with Crippen LogP contribution in [0.4, 0.5) is 4.39 Å². The molecule has 0 aliphatic heterocycles. The summed E-state index contributed by atoms with van der Waals surface area (Å²) in [5.74, 6) is 0.320. The zero-order chi connectivity index (χ0) is 15.0. The Morgan fingerprint density at radius 1 is 1.24 bits per heavy atom. The number of rotatable bonds is 3. The minimum Gasteiger partial charge on any atom is -0.457 e. The Balaban J connectivity index is 2.14. The van der Waals surface area contributed by atoms with Crippen LogP contribution < -0.4 is 5.32 Å². The van der Waals surface area contributed by atoms with Gasteiger partial charge in [0.15, 0.2) is 5.58 Å². The van der Waals surface area contributed by atoms with Gasteiger partial charge in [-0.1, -0.05) is 35.9 Å². The van der Waals surface area contributed by atoms with Crippen molar-refractivity contribution in [1.29, 1.82) is 0 Å². The molecule has 5 heteroatoms. The molecule has 0 radical (unpaired) electrons. The Morgan fingerprint density at radius 2 is 2.00 bits per heavy atom. The number of nitrogens with one attached hydrogen (secondary N) is 1. The van der Waals surface area contributed by atoms with Crippen molar-refractivity contribution >= 4 is 38.5 Å². The normalized spacial score (nSPS) is 12.8. The Hall–Kier alpha value is -1.36. The maximum atomic E-state index is 14.3. The van der Waals surface area contributed by atoms with Gasteiger partial charge < -0.3 is 9.73 Å². The standard InChI is InChI=1S/C16H12BrClFNO/c1-20-15(10-5-3-6-11(17)14(10)19)13-8-9-4-2-7-12(18)16(9)21-13/h2-8,15,20H,1H3. The Labute approximate surface area is 135 Å². The molecular formula is C16H12BrClFNO. The zero-order valence-corrected chi connectivity index (χ0v) is 13.5. The third-order valence-corrected chi connectivity index (χ3v) is 4.29. The topological polar surface area (TPSA) is 25.2 Å². The molecule has 2 nitrogen and oxygen atoms in total. The SMILES string of the molecule is CNC(c1cc2cccc(Cl)c2o1)c1cccc(Br)c1F. The average molecular weight is 369 g/mol. The molecule has 0 aliphatic carbocycles. The molecule has 3 aromatic rings.